The van der Waals surface area contributed by atoms with E-state index in [9.17, 15) is 18.0 Å². The normalized spacial score (nSPS) is 11.7. The van der Waals surface area contributed by atoms with E-state index in [0.29, 0.717) is 22.0 Å². The van der Waals surface area contributed by atoms with Crippen LogP contribution in [-0.4, -0.2) is 41.4 Å². The minimum Gasteiger partial charge on any atom is -0.292 e. The van der Waals surface area contributed by atoms with Crippen molar-refractivity contribution in [2.45, 2.75) is 18.7 Å². The average Bonchev–Trinajstić information content (AvgIpc) is 3.20. The van der Waals surface area contributed by atoms with Gasteiger partial charge in [-0.05, 0) is 43.3 Å². The minimum absolute atomic E-state index is 0.0679. The molecule has 0 unspecified atom stereocenters. The summed E-state index contributed by atoms with van der Waals surface area (Å²) in [5.41, 5.74) is 1.69. The van der Waals surface area contributed by atoms with Crippen LogP contribution in [0.15, 0.2) is 88.6 Å². The van der Waals surface area contributed by atoms with E-state index in [1.54, 1.807) is 67.6 Å². The first-order chi connectivity index (χ1) is 16.7. The highest BCUT2D eigenvalue weighted by Crippen LogP contribution is 2.23. The van der Waals surface area contributed by atoms with Crippen molar-refractivity contribution < 1.29 is 13.2 Å². The number of carbonyl (C=O) groups is 1. The zero-order valence-corrected chi connectivity index (χ0v) is 20.8. The van der Waals surface area contributed by atoms with E-state index in [-0.39, 0.29) is 17.0 Å². The van der Waals surface area contributed by atoms with E-state index in [2.05, 4.69) is 5.10 Å². The topological polar surface area (TPSA) is 92.2 Å². The number of benzene rings is 3. The molecule has 9 heteroatoms. The third kappa shape index (κ3) is 5.00. The van der Waals surface area contributed by atoms with Gasteiger partial charge < -0.3 is 0 Å². The number of hydrogen-bond donors (Lipinski definition) is 1. The lowest BCUT2D eigenvalue weighted by Gasteiger charge is -2.19. The Morgan fingerprint density at radius 1 is 0.971 bits per heavy atom. The van der Waals surface area contributed by atoms with Gasteiger partial charge in [0.15, 0.2) is 5.78 Å². The molecule has 0 aliphatic carbocycles. The number of H-pyrrole nitrogens is 1. The third-order valence-corrected chi connectivity index (χ3v) is 7.84. The largest absolute Gasteiger partial charge is 0.292 e. The van der Waals surface area contributed by atoms with Crippen LogP contribution in [0.2, 0.25) is 5.02 Å². The quantitative estimate of drug-likeness (QED) is 0.349. The average molecular weight is 510 g/mol. The molecule has 0 atom stereocenters. The van der Waals surface area contributed by atoms with Crippen LogP contribution in [0.4, 0.5) is 0 Å². The van der Waals surface area contributed by atoms with Gasteiger partial charge in [0.05, 0.1) is 22.8 Å². The molecule has 0 aliphatic heterocycles. The number of aryl methyl sites for hydroxylation is 1. The molecule has 0 saturated heterocycles. The molecule has 0 spiro atoms. The number of ketones is 1. The van der Waals surface area contributed by atoms with Crippen molar-refractivity contribution in [3.63, 3.8) is 0 Å². The maximum absolute atomic E-state index is 13.5. The van der Waals surface area contributed by atoms with Crippen LogP contribution in [0.5, 0.6) is 0 Å². The Bertz CT molecular complexity index is 1510. The van der Waals surface area contributed by atoms with Crippen LogP contribution in [0.1, 0.15) is 22.8 Å². The molecule has 0 bridgehead atoms. The zero-order valence-electron chi connectivity index (χ0n) is 19.2. The lowest BCUT2D eigenvalue weighted by atomic mass is 10.1. The number of nitrogens with zero attached hydrogens (tertiary/aromatic N) is 2. The summed E-state index contributed by atoms with van der Waals surface area (Å²) in [6.45, 7) is 3.11. The molecule has 180 valence electrons. The van der Waals surface area contributed by atoms with Crippen molar-refractivity contribution in [3.8, 4) is 16.9 Å². The number of sulfonamides is 1. The maximum Gasteiger partial charge on any atom is 0.282 e. The number of carbonyl (C=O) groups excluding carboxylic acids is 1. The third-order valence-electron chi connectivity index (χ3n) is 5.65. The fourth-order valence-electron chi connectivity index (χ4n) is 3.75. The summed E-state index contributed by atoms with van der Waals surface area (Å²) in [6.07, 6.45) is 0. The van der Waals surface area contributed by atoms with Crippen molar-refractivity contribution in [3.05, 3.63) is 105 Å². The molecule has 0 radical (unpaired) electrons. The molecule has 35 heavy (non-hydrogen) atoms. The summed E-state index contributed by atoms with van der Waals surface area (Å²) in [5, 5.41) is 3.53. The Balaban J connectivity index is 1.77. The van der Waals surface area contributed by atoms with E-state index in [1.807, 2.05) is 13.0 Å². The summed E-state index contributed by atoms with van der Waals surface area (Å²) in [5.74, 6) is -0.602. The number of nitrogens with one attached hydrogen (secondary N) is 1. The second-order valence-corrected chi connectivity index (χ2v) is 10.4. The summed E-state index contributed by atoms with van der Waals surface area (Å²) in [6, 6.07) is 22.0. The molecule has 1 aromatic heterocycles. The number of hydrogen-bond acceptors (Lipinski definition) is 4. The Morgan fingerprint density at radius 3 is 2.20 bits per heavy atom. The number of likely N-dealkylation sites (N-methyl/N-ethyl adjacent to an activating group) is 1. The molecule has 4 aromatic rings. The molecule has 0 amide bonds. The molecule has 0 aliphatic rings. The lowest BCUT2D eigenvalue weighted by molar-refractivity contribution is 0.0967. The maximum atomic E-state index is 13.5. The van der Waals surface area contributed by atoms with Gasteiger partial charge >= 0.3 is 0 Å². The van der Waals surface area contributed by atoms with E-state index < -0.39 is 27.9 Å². The SMILES string of the molecule is CCN(CC(=O)c1c(-c2ccccc2)[nH]n(-c2ccc(Cl)cc2)c1=O)S(=O)(=O)c1ccc(C)cc1. The molecule has 4 rings (SSSR count). The first-order valence-corrected chi connectivity index (χ1v) is 12.8. The van der Waals surface area contributed by atoms with Crippen LogP contribution in [0, 0.1) is 6.92 Å². The van der Waals surface area contributed by atoms with Crippen LogP contribution >= 0.6 is 11.6 Å². The van der Waals surface area contributed by atoms with E-state index in [0.717, 1.165) is 9.87 Å². The van der Waals surface area contributed by atoms with Crippen LogP contribution < -0.4 is 5.56 Å². The predicted octanol–water partition coefficient (Wildman–Crippen LogP) is 4.69. The highest BCUT2D eigenvalue weighted by atomic mass is 35.5. The standard InChI is InChI=1S/C26H24ClN3O4S/c1-3-29(35(33,34)22-15-9-18(2)10-16-22)17-23(31)24-25(19-7-5-4-6-8-19)28-30(26(24)32)21-13-11-20(27)12-14-21/h4-16,28H,3,17H2,1-2H3. The summed E-state index contributed by atoms with van der Waals surface area (Å²) < 4.78 is 28.8. The first-order valence-electron chi connectivity index (χ1n) is 11.0. The van der Waals surface area contributed by atoms with Gasteiger partial charge in [0, 0.05) is 17.1 Å². The molecule has 1 N–H and O–H groups in total. The fourth-order valence-corrected chi connectivity index (χ4v) is 5.28. The van der Waals surface area contributed by atoms with Crippen LogP contribution in [0.3, 0.4) is 0 Å². The van der Waals surface area contributed by atoms with Crippen LogP contribution in [-0.2, 0) is 10.0 Å². The molecule has 1 heterocycles. The monoisotopic (exact) mass is 509 g/mol. The van der Waals surface area contributed by atoms with Gasteiger partial charge in [-0.25, -0.2) is 13.1 Å². The fraction of sp³-hybridized carbons (Fsp3) is 0.154. The van der Waals surface area contributed by atoms with Crippen molar-refractivity contribution in [2.24, 2.45) is 0 Å². The lowest BCUT2D eigenvalue weighted by Crippen LogP contribution is -2.37. The Hall–Kier alpha value is -3.46. The number of halogens is 1. The van der Waals surface area contributed by atoms with E-state index in [4.69, 9.17) is 11.6 Å². The summed E-state index contributed by atoms with van der Waals surface area (Å²) in [7, 11) is -3.93. The number of aromatic amines is 1. The Morgan fingerprint density at radius 2 is 1.60 bits per heavy atom. The van der Waals surface area contributed by atoms with Crippen molar-refractivity contribution in [2.75, 3.05) is 13.1 Å². The predicted molar refractivity (Wildman–Crippen MR) is 137 cm³/mol. The Kier molecular flexibility index (Phi) is 7.07. The number of rotatable bonds is 8. The molecular formula is C26H24ClN3O4S. The molecule has 3 aromatic carbocycles. The molecule has 0 saturated carbocycles. The molecule has 0 fully saturated rings. The summed E-state index contributed by atoms with van der Waals surface area (Å²) >= 11 is 5.98. The van der Waals surface area contributed by atoms with Gasteiger partial charge in [-0.1, -0.05) is 66.6 Å². The van der Waals surface area contributed by atoms with E-state index in [1.165, 1.54) is 16.8 Å². The first kappa shape index (κ1) is 24.7. The van der Waals surface area contributed by atoms with Gasteiger partial charge in [-0.3, -0.25) is 14.7 Å². The second-order valence-electron chi connectivity index (χ2n) is 8.01. The minimum atomic E-state index is -3.93. The number of Topliss-reactive ketones (excluding diaryl/α,β-unsaturated/α-hetero) is 1. The highest BCUT2D eigenvalue weighted by molar-refractivity contribution is 7.89. The van der Waals surface area contributed by atoms with Crippen molar-refractivity contribution in [1.29, 1.82) is 0 Å². The van der Waals surface area contributed by atoms with Crippen LogP contribution in [0.25, 0.3) is 16.9 Å². The van der Waals surface area contributed by atoms with Gasteiger partial charge in [-0.2, -0.15) is 4.31 Å². The number of aromatic nitrogens is 2. The zero-order chi connectivity index (χ0) is 25.2. The highest BCUT2D eigenvalue weighted by Gasteiger charge is 2.29. The van der Waals surface area contributed by atoms with Gasteiger partial charge in [-0.15, -0.1) is 0 Å². The van der Waals surface area contributed by atoms with Gasteiger partial charge in [0.1, 0.15) is 5.56 Å². The Labute approximate surface area is 208 Å². The molecular weight excluding hydrogens is 486 g/mol. The van der Waals surface area contributed by atoms with E-state index >= 15 is 0 Å². The van der Waals surface area contributed by atoms with Crippen molar-refractivity contribution in [1.82, 2.24) is 14.1 Å². The van der Waals surface area contributed by atoms with Gasteiger partial charge in [0.25, 0.3) is 5.56 Å². The smallest absolute Gasteiger partial charge is 0.282 e. The molecule has 7 nitrogen and oxygen atoms in total. The van der Waals surface area contributed by atoms with Gasteiger partial charge in [0.2, 0.25) is 10.0 Å². The van der Waals surface area contributed by atoms with Crippen molar-refractivity contribution >= 4 is 27.4 Å². The second kappa shape index (κ2) is 10.0. The summed E-state index contributed by atoms with van der Waals surface area (Å²) in [4.78, 5) is 27.0.